The number of aromatic nitrogens is 3. The van der Waals surface area contributed by atoms with Crippen molar-refractivity contribution in [2.24, 2.45) is 0 Å². The molecule has 0 radical (unpaired) electrons. The van der Waals surface area contributed by atoms with Crippen LogP contribution >= 0.6 is 0 Å². The average Bonchev–Trinajstić information content (AvgIpc) is 3.00. The van der Waals surface area contributed by atoms with Crippen molar-refractivity contribution in [3.8, 4) is 11.1 Å². The lowest BCUT2D eigenvalue weighted by Crippen LogP contribution is -2.13. The lowest BCUT2D eigenvalue weighted by atomic mass is 9.93. The molecule has 5 rings (SSSR count). The number of nitrogens with zero attached hydrogens (tertiary/aromatic N) is 2. The Labute approximate surface area is 145 Å². The summed E-state index contributed by atoms with van der Waals surface area (Å²) in [4.78, 5) is 3.30. The van der Waals surface area contributed by atoms with Gasteiger partial charge in [0.15, 0.2) is 5.65 Å². The van der Waals surface area contributed by atoms with E-state index in [1.165, 1.54) is 22.3 Å². The second-order valence-electron chi connectivity index (χ2n) is 6.71. The number of aromatic amines is 1. The maximum absolute atomic E-state index is 4.29. The highest BCUT2D eigenvalue weighted by molar-refractivity contribution is 6.00. The van der Waals surface area contributed by atoms with Gasteiger partial charge in [-0.05, 0) is 31.0 Å². The first kappa shape index (κ1) is 14.2. The molecule has 4 nitrogen and oxygen atoms in total. The van der Waals surface area contributed by atoms with Crippen LogP contribution in [0.1, 0.15) is 28.3 Å². The SMILES string of the molecule is Cc1ccc(C)c(C2Nc3ccccc3-c3cnnc4[nH]cc2c34)c1. The fraction of sp³-hybridized carbons (Fsp3) is 0.143. The Balaban J connectivity index is 1.86. The van der Waals surface area contributed by atoms with Crippen LogP contribution in [0.5, 0.6) is 0 Å². The smallest absolute Gasteiger partial charge is 0.160 e. The fourth-order valence-corrected chi connectivity index (χ4v) is 3.82. The molecule has 2 aromatic carbocycles. The van der Waals surface area contributed by atoms with Crippen molar-refractivity contribution < 1.29 is 0 Å². The van der Waals surface area contributed by atoms with Gasteiger partial charge < -0.3 is 10.3 Å². The number of aryl methyl sites for hydroxylation is 2. The zero-order chi connectivity index (χ0) is 17.0. The van der Waals surface area contributed by atoms with Gasteiger partial charge in [-0.3, -0.25) is 0 Å². The number of H-pyrrole nitrogens is 1. The van der Waals surface area contributed by atoms with E-state index in [2.05, 4.69) is 83.0 Å². The van der Waals surface area contributed by atoms with Gasteiger partial charge in [0, 0.05) is 34.0 Å². The molecule has 2 N–H and O–H groups in total. The van der Waals surface area contributed by atoms with Crippen LogP contribution in [-0.2, 0) is 0 Å². The molecule has 1 aliphatic heterocycles. The molecule has 25 heavy (non-hydrogen) atoms. The molecule has 0 aliphatic carbocycles. The van der Waals surface area contributed by atoms with Crippen LogP contribution in [0.3, 0.4) is 0 Å². The van der Waals surface area contributed by atoms with Crippen LogP contribution in [0.4, 0.5) is 5.69 Å². The highest BCUT2D eigenvalue weighted by Gasteiger charge is 2.27. The van der Waals surface area contributed by atoms with Gasteiger partial charge in [0.05, 0.1) is 12.2 Å². The maximum Gasteiger partial charge on any atom is 0.160 e. The van der Waals surface area contributed by atoms with Crippen molar-refractivity contribution in [2.75, 3.05) is 5.32 Å². The standard InChI is InChI=1S/C21H18N4/c1-12-7-8-13(2)15(9-12)20-17-10-22-21-19(17)16(11-23-25-21)14-5-3-4-6-18(14)24-20/h3-11,20,24H,1-2H3,(H,22,25). The molecule has 4 heteroatoms. The summed E-state index contributed by atoms with van der Waals surface area (Å²) in [5.41, 5.74) is 9.29. The summed E-state index contributed by atoms with van der Waals surface area (Å²) in [5, 5.41) is 13.4. The molecule has 122 valence electrons. The van der Waals surface area contributed by atoms with E-state index < -0.39 is 0 Å². The molecule has 1 aliphatic rings. The summed E-state index contributed by atoms with van der Waals surface area (Å²) >= 11 is 0. The van der Waals surface area contributed by atoms with E-state index in [1.54, 1.807) is 0 Å². The topological polar surface area (TPSA) is 53.6 Å². The molecule has 0 spiro atoms. The van der Waals surface area contributed by atoms with Crippen LogP contribution in [0.15, 0.2) is 54.9 Å². The van der Waals surface area contributed by atoms with Crippen molar-refractivity contribution in [1.29, 1.82) is 0 Å². The van der Waals surface area contributed by atoms with Crippen molar-refractivity contribution >= 4 is 16.7 Å². The molecule has 0 saturated carbocycles. The Hall–Kier alpha value is -3.14. The Kier molecular flexibility index (Phi) is 2.95. The van der Waals surface area contributed by atoms with Gasteiger partial charge in [0.2, 0.25) is 0 Å². The Morgan fingerprint density at radius 2 is 1.84 bits per heavy atom. The number of hydrogen-bond donors (Lipinski definition) is 2. The number of benzene rings is 2. The third-order valence-electron chi connectivity index (χ3n) is 5.08. The van der Waals surface area contributed by atoms with Gasteiger partial charge in [-0.15, -0.1) is 5.10 Å². The van der Waals surface area contributed by atoms with Crippen LogP contribution in [-0.4, -0.2) is 15.2 Å². The van der Waals surface area contributed by atoms with Gasteiger partial charge in [-0.2, -0.15) is 5.10 Å². The van der Waals surface area contributed by atoms with Crippen molar-refractivity contribution in [3.05, 3.63) is 77.1 Å². The molecular formula is C21H18N4. The molecule has 0 bridgehead atoms. The third-order valence-corrected chi connectivity index (χ3v) is 5.08. The minimum atomic E-state index is 0.0697. The molecule has 1 unspecified atom stereocenters. The Bertz CT molecular complexity index is 1110. The Morgan fingerprint density at radius 3 is 2.76 bits per heavy atom. The summed E-state index contributed by atoms with van der Waals surface area (Å²) in [6, 6.07) is 15.1. The molecule has 2 aromatic heterocycles. The number of fused-ring (bicyclic) bond motifs is 2. The molecule has 4 aromatic rings. The number of anilines is 1. The summed E-state index contributed by atoms with van der Waals surface area (Å²) < 4.78 is 0. The minimum Gasteiger partial charge on any atom is -0.374 e. The van der Waals surface area contributed by atoms with E-state index in [4.69, 9.17) is 0 Å². The molecule has 0 fully saturated rings. The van der Waals surface area contributed by atoms with Gasteiger partial charge in [0.1, 0.15) is 0 Å². The van der Waals surface area contributed by atoms with Crippen LogP contribution in [0.25, 0.3) is 22.2 Å². The predicted molar refractivity (Wildman–Crippen MR) is 101 cm³/mol. The lowest BCUT2D eigenvalue weighted by molar-refractivity contribution is 0.936. The minimum absolute atomic E-state index is 0.0697. The molecule has 3 heterocycles. The van der Waals surface area contributed by atoms with Crippen molar-refractivity contribution in [2.45, 2.75) is 19.9 Å². The third kappa shape index (κ3) is 2.07. The summed E-state index contributed by atoms with van der Waals surface area (Å²) in [6.45, 7) is 4.31. The van der Waals surface area contributed by atoms with E-state index in [1.807, 2.05) is 6.20 Å². The number of rotatable bonds is 1. The highest BCUT2D eigenvalue weighted by atomic mass is 15.1. The van der Waals surface area contributed by atoms with Gasteiger partial charge in [-0.1, -0.05) is 42.0 Å². The number of hydrogen-bond acceptors (Lipinski definition) is 3. The predicted octanol–water partition coefficient (Wildman–Crippen LogP) is 4.76. The molecule has 0 saturated heterocycles. The molecular weight excluding hydrogens is 308 g/mol. The van der Waals surface area contributed by atoms with E-state index >= 15 is 0 Å². The van der Waals surface area contributed by atoms with Crippen LogP contribution in [0.2, 0.25) is 0 Å². The largest absolute Gasteiger partial charge is 0.374 e. The second-order valence-corrected chi connectivity index (χ2v) is 6.71. The van der Waals surface area contributed by atoms with E-state index in [0.717, 1.165) is 27.8 Å². The zero-order valence-corrected chi connectivity index (χ0v) is 14.2. The normalized spacial score (nSPS) is 15.5. The van der Waals surface area contributed by atoms with Gasteiger partial charge >= 0.3 is 0 Å². The average molecular weight is 326 g/mol. The maximum atomic E-state index is 4.29. The summed E-state index contributed by atoms with van der Waals surface area (Å²) in [7, 11) is 0. The molecule has 0 amide bonds. The van der Waals surface area contributed by atoms with E-state index in [0.29, 0.717) is 0 Å². The van der Waals surface area contributed by atoms with Crippen molar-refractivity contribution in [1.82, 2.24) is 15.2 Å². The Morgan fingerprint density at radius 1 is 0.960 bits per heavy atom. The zero-order valence-electron chi connectivity index (χ0n) is 14.2. The summed E-state index contributed by atoms with van der Waals surface area (Å²) in [5.74, 6) is 0. The molecule has 1 atom stereocenters. The van der Waals surface area contributed by atoms with Crippen LogP contribution in [0, 0.1) is 13.8 Å². The lowest BCUT2D eigenvalue weighted by Gasteiger charge is -2.22. The number of para-hydroxylation sites is 1. The monoisotopic (exact) mass is 326 g/mol. The van der Waals surface area contributed by atoms with E-state index in [9.17, 15) is 0 Å². The highest BCUT2D eigenvalue weighted by Crippen LogP contribution is 2.43. The first-order chi connectivity index (χ1) is 12.2. The van der Waals surface area contributed by atoms with Gasteiger partial charge in [0.25, 0.3) is 0 Å². The number of nitrogens with one attached hydrogen (secondary N) is 2. The fourth-order valence-electron chi connectivity index (χ4n) is 3.82. The van der Waals surface area contributed by atoms with Gasteiger partial charge in [-0.25, -0.2) is 0 Å². The second kappa shape index (κ2) is 5.18. The summed E-state index contributed by atoms with van der Waals surface area (Å²) in [6.07, 6.45) is 3.93. The van der Waals surface area contributed by atoms with E-state index in [-0.39, 0.29) is 6.04 Å². The van der Waals surface area contributed by atoms with Crippen LogP contribution < -0.4 is 5.32 Å². The first-order valence-corrected chi connectivity index (χ1v) is 8.48. The quantitative estimate of drug-likeness (QED) is 0.530. The first-order valence-electron chi connectivity index (χ1n) is 8.48. The van der Waals surface area contributed by atoms with Crippen molar-refractivity contribution in [3.63, 3.8) is 0 Å².